The Bertz CT molecular complexity index is 174. The van der Waals surface area contributed by atoms with Gasteiger partial charge in [0.25, 0.3) is 0 Å². The van der Waals surface area contributed by atoms with Gasteiger partial charge in [0.1, 0.15) is 0 Å². The lowest BCUT2D eigenvalue weighted by Crippen LogP contribution is -2.42. The first-order chi connectivity index (χ1) is 6.86. The van der Waals surface area contributed by atoms with Crippen LogP contribution in [0.4, 0.5) is 0 Å². The molecule has 1 aliphatic heterocycles. The van der Waals surface area contributed by atoms with Crippen molar-refractivity contribution in [2.45, 2.75) is 19.3 Å². The summed E-state index contributed by atoms with van der Waals surface area (Å²) in [7, 11) is 1.71. The zero-order valence-corrected chi connectivity index (χ0v) is 8.92. The average molecular weight is 199 g/mol. The summed E-state index contributed by atoms with van der Waals surface area (Å²) in [5.74, 6) is 5.89. The second-order valence-corrected chi connectivity index (χ2v) is 3.55. The van der Waals surface area contributed by atoms with E-state index in [-0.39, 0.29) is 0 Å². The van der Waals surface area contributed by atoms with Gasteiger partial charge < -0.3 is 10.2 Å². The van der Waals surface area contributed by atoms with E-state index in [4.69, 9.17) is 5.84 Å². The fourth-order valence-electron chi connectivity index (χ4n) is 1.71. The van der Waals surface area contributed by atoms with Crippen molar-refractivity contribution < 1.29 is 0 Å². The van der Waals surface area contributed by atoms with Crippen LogP contribution >= 0.6 is 0 Å². The summed E-state index contributed by atoms with van der Waals surface area (Å²) >= 11 is 0. The molecular weight excluding hydrogens is 178 g/mol. The van der Waals surface area contributed by atoms with Gasteiger partial charge in [0.15, 0.2) is 0 Å². The molecule has 1 rings (SSSR count). The summed E-state index contributed by atoms with van der Waals surface area (Å²) in [6.07, 6.45) is 3.86. The normalized spacial score (nSPS) is 18.6. The van der Waals surface area contributed by atoms with Crippen molar-refractivity contribution in [1.82, 2.24) is 15.6 Å². The van der Waals surface area contributed by atoms with Crippen LogP contribution in [0.2, 0.25) is 0 Å². The van der Waals surface area contributed by atoms with E-state index in [9.17, 15) is 0 Å². The highest BCUT2D eigenvalue weighted by Gasteiger charge is 2.09. The first-order valence-electron chi connectivity index (χ1n) is 5.26. The summed E-state index contributed by atoms with van der Waals surface area (Å²) in [5.41, 5.74) is 2.51. The molecular formula is C9H21N5. The van der Waals surface area contributed by atoms with E-state index in [2.05, 4.69) is 20.6 Å². The van der Waals surface area contributed by atoms with E-state index in [1.54, 1.807) is 7.05 Å². The van der Waals surface area contributed by atoms with Crippen molar-refractivity contribution in [3.05, 3.63) is 0 Å². The molecule has 0 aromatic carbocycles. The van der Waals surface area contributed by atoms with Crippen LogP contribution < -0.4 is 16.6 Å². The number of hydrogen-bond donors (Lipinski definition) is 3. The van der Waals surface area contributed by atoms with E-state index in [0.29, 0.717) is 5.96 Å². The number of likely N-dealkylation sites (tertiary alicyclic amines) is 1. The number of hydrogen-bond acceptors (Lipinski definition) is 3. The van der Waals surface area contributed by atoms with E-state index in [0.717, 1.165) is 13.0 Å². The number of aliphatic imine (C=N–C) groups is 1. The number of guanidine groups is 1. The zero-order valence-electron chi connectivity index (χ0n) is 8.92. The number of nitrogens with zero attached hydrogens (tertiary/aromatic N) is 2. The van der Waals surface area contributed by atoms with Crippen molar-refractivity contribution in [3.8, 4) is 0 Å². The summed E-state index contributed by atoms with van der Waals surface area (Å²) in [5, 5.41) is 3.13. The van der Waals surface area contributed by atoms with Gasteiger partial charge in [-0.3, -0.25) is 10.4 Å². The molecule has 0 saturated carbocycles. The summed E-state index contributed by atoms with van der Waals surface area (Å²) in [4.78, 5) is 6.43. The lowest BCUT2D eigenvalue weighted by molar-refractivity contribution is 0.334. The smallest absolute Gasteiger partial charge is 0.205 e. The first-order valence-corrected chi connectivity index (χ1v) is 5.26. The number of nitrogens with two attached hydrogens (primary N) is 1. The molecule has 0 atom stereocenters. The van der Waals surface area contributed by atoms with Crippen LogP contribution in [-0.2, 0) is 0 Å². The van der Waals surface area contributed by atoms with Crippen LogP contribution in [0.1, 0.15) is 19.3 Å². The fourth-order valence-corrected chi connectivity index (χ4v) is 1.71. The monoisotopic (exact) mass is 199 g/mol. The Kier molecular flexibility index (Phi) is 5.32. The van der Waals surface area contributed by atoms with Crippen LogP contribution in [0.3, 0.4) is 0 Å². The van der Waals surface area contributed by atoms with E-state index < -0.39 is 0 Å². The van der Waals surface area contributed by atoms with Crippen molar-refractivity contribution in [1.29, 1.82) is 0 Å². The van der Waals surface area contributed by atoms with Crippen LogP contribution in [0, 0.1) is 0 Å². The number of hydrazine groups is 1. The maximum Gasteiger partial charge on any atom is 0.205 e. The fraction of sp³-hybridized carbons (Fsp3) is 0.889. The quantitative estimate of drug-likeness (QED) is 0.188. The highest BCUT2D eigenvalue weighted by molar-refractivity contribution is 5.78. The SMILES string of the molecule is CN=C(NN)NCCCN1CCCC1. The summed E-state index contributed by atoms with van der Waals surface area (Å²) < 4.78 is 0. The highest BCUT2D eigenvalue weighted by Crippen LogP contribution is 2.06. The van der Waals surface area contributed by atoms with Crippen molar-refractivity contribution in [2.75, 3.05) is 33.2 Å². The summed E-state index contributed by atoms with van der Waals surface area (Å²) in [6, 6.07) is 0. The minimum atomic E-state index is 0.659. The van der Waals surface area contributed by atoms with Crippen LogP contribution in [0.15, 0.2) is 4.99 Å². The van der Waals surface area contributed by atoms with Gasteiger partial charge in [-0.25, -0.2) is 5.84 Å². The van der Waals surface area contributed by atoms with Gasteiger partial charge in [0.2, 0.25) is 5.96 Å². The van der Waals surface area contributed by atoms with Gasteiger partial charge in [0, 0.05) is 13.6 Å². The Morgan fingerprint density at radius 2 is 2.14 bits per heavy atom. The molecule has 5 nitrogen and oxygen atoms in total. The second kappa shape index (κ2) is 6.62. The minimum Gasteiger partial charge on any atom is -0.355 e. The number of nitrogens with one attached hydrogen (secondary N) is 2. The van der Waals surface area contributed by atoms with Crippen molar-refractivity contribution in [2.24, 2.45) is 10.8 Å². The standard InChI is InChI=1S/C9H21N5/c1-11-9(13-10)12-5-4-8-14-6-2-3-7-14/h2-8,10H2,1H3,(H2,11,12,13). The largest absolute Gasteiger partial charge is 0.355 e. The summed E-state index contributed by atoms with van der Waals surface area (Å²) in [6.45, 7) is 4.63. The van der Waals surface area contributed by atoms with Crippen molar-refractivity contribution >= 4 is 5.96 Å². The third-order valence-electron chi connectivity index (χ3n) is 2.50. The van der Waals surface area contributed by atoms with E-state index >= 15 is 0 Å². The van der Waals surface area contributed by atoms with E-state index in [1.807, 2.05) is 0 Å². The molecule has 1 heterocycles. The van der Waals surface area contributed by atoms with E-state index in [1.165, 1.54) is 32.5 Å². The lowest BCUT2D eigenvalue weighted by atomic mass is 10.4. The van der Waals surface area contributed by atoms with Gasteiger partial charge in [-0.05, 0) is 38.9 Å². The molecule has 5 heteroatoms. The topological polar surface area (TPSA) is 65.7 Å². The maximum atomic E-state index is 5.23. The molecule has 1 aliphatic rings. The Balaban J connectivity index is 1.98. The van der Waals surface area contributed by atoms with Crippen LogP contribution in [-0.4, -0.2) is 44.1 Å². The molecule has 0 spiro atoms. The minimum absolute atomic E-state index is 0.659. The molecule has 0 aromatic rings. The van der Waals surface area contributed by atoms with Crippen LogP contribution in [0.25, 0.3) is 0 Å². The average Bonchev–Trinajstić information content (AvgIpc) is 2.71. The Morgan fingerprint density at radius 1 is 1.43 bits per heavy atom. The predicted molar refractivity (Wildman–Crippen MR) is 59.0 cm³/mol. The molecule has 0 bridgehead atoms. The Hall–Kier alpha value is -0.810. The van der Waals surface area contributed by atoms with Gasteiger partial charge in [0.05, 0.1) is 0 Å². The predicted octanol–water partition coefficient (Wildman–Crippen LogP) is -0.489. The van der Waals surface area contributed by atoms with Crippen LogP contribution in [0.5, 0.6) is 0 Å². The molecule has 0 radical (unpaired) electrons. The molecule has 1 fully saturated rings. The number of rotatable bonds is 4. The molecule has 4 N–H and O–H groups in total. The lowest BCUT2D eigenvalue weighted by Gasteiger charge is -2.14. The molecule has 0 amide bonds. The molecule has 0 unspecified atom stereocenters. The molecule has 82 valence electrons. The van der Waals surface area contributed by atoms with Gasteiger partial charge in [-0.2, -0.15) is 0 Å². The third kappa shape index (κ3) is 3.93. The van der Waals surface area contributed by atoms with Crippen molar-refractivity contribution in [3.63, 3.8) is 0 Å². The third-order valence-corrected chi connectivity index (χ3v) is 2.50. The second-order valence-electron chi connectivity index (χ2n) is 3.55. The maximum absolute atomic E-state index is 5.23. The molecule has 0 aromatic heterocycles. The zero-order chi connectivity index (χ0) is 10.2. The molecule has 0 aliphatic carbocycles. The van der Waals surface area contributed by atoms with Gasteiger partial charge >= 0.3 is 0 Å². The van der Waals surface area contributed by atoms with Gasteiger partial charge in [-0.15, -0.1) is 0 Å². The molecule has 14 heavy (non-hydrogen) atoms. The highest BCUT2D eigenvalue weighted by atomic mass is 15.3. The first kappa shape index (κ1) is 11.3. The Morgan fingerprint density at radius 3 is 2.71 bits per heavy atom. The molecule has 1 saturated heterocycles. The van der Waals surface area contributed by atoms with Gasteiger partial charge in [-0.1, -0.05) is 0 Å². The Labute approximate surface area is 85.7 Å².